The van der Waals surface area contributed by atoms with Crippen LogP contribution < -0.4 is 0 Å². The first-order valence-corrected chi connectivity index (χ1v) is 4.17. The first-order valence-electron chi connectivity index (χ1n) is 4.17. The van der Waals surface area contributed by atoms with E-state index in [0.29, 0.717) is 0 Å². The van der Waals surface area contributed by atoms with E-state index in [0.717, 1.165) is 26.1 Å². The molecule has 0 radical (unpaired) electrons. The van der Waals surface area contributed by atoms with Gasteiger partial charge in [0.05, 0.1) is 0 Å². The lowest BCUT2D eigenvalue weighted by Gasteiger charge is -1.96. The molecule has 0 saturated heterocycles. The third kappa shape index (κ3) is 52.6. The van der Waals surface area contributed by atoms with Crippen LogP contribution in [-0.2, 0) is 14.3 Å². The van der Waals surface area contributed by atoms with Gasteiger partial charge in [-0.3, -0.25) is 0 Å². The highest BCUT2D eigenvalue weighted by atomic mass is 16.5. The molecule has 0 N–H and O–H groups in total. The predicted octanol–water partition coefficient (Wildman–Crippen LogP) is 2.07. The van der Waals surface area contributed by atoms with Gasteiger partial charge in [-0.1, -0.05) is 6.08 Å². The van der Waals surface area contributed by atoms with Crippen LogP contribution in [0.4, 0.5) is 0 Å². The van der Waals surface area contributed by atoms with Gasteiger partial charge >= 0.3 is 0 Å². The first kappa shape index (κ1) is 18.2. The molecule has 0 aromatic carbocycles. The van der Waals surface area contributed by atoms with E-state index in [-0.39, 0.29) is 0 Å². The molecule has 0 unspecified atom stereocenters. The molecule has 0 fully saturated rings. The third-order valence-electron chi connectivity index (χ3n) is 0.947. The third-order valence-corrected chi connectivity index (χ3v) is 0.947. The van der Waals surface area contributed by atoms with E-state index in [1.54, 1.807) is 20.3 Å². The zero-order valence-corrected chi connectivity index (χ0v) is 9.04. The molecule has 0 aromatic rings. The molecule has 0 aliphatic carbocycles. The summed E-state index contributed by atoms with van der Waals surface area (Å²) in [5, 5.41) is 0. The summed E-state index contributed by atoms with van der Waals surface area (Å²) in [6, 6.07) is 0. The number of hydrogen-bond donors (Lipinski definition) is 0. The minimum absolute atomic E-state index is 0.851. The summed E-state index contributed by atoms with van der Waals surface area (Å²) in [6.07, 6.45) is 3.95. The number of rotatable bonds is 5. The van der Waals surface area contributed by atoms with Crippen LogP contribution in [0.25, 0.3) is 0 Å². The van der Waals surface area contributed by atoms with E-state index < -0.39 is 0 Å². The molecule has 0 atom stereocenters. The van der Waals surface area contributed by atoms with Crippen LogP contribution in [0.2, 0.25) is 0 Å². The molecule has 0 aromatic heterocycles. The van der Waals surface area contributed by atoms with Crippen LogP contribution in [0, 0.1) is 0 Å². The Hall–Kier alpha value is -0.670. The number of hydrogen-bond acceptors (Lipinski definition) is 3. The van der Waals surface area contributed by atoms with Gasteiger partial charge in [-0.05, 0) is 19.8 Å². The van der Waals surface area contributed by atoms with Crippen molar-refractivity contribution in [1.82, 2.24) is 0 Å². The topological polar surface area (TPSA) is 35.5 Å². The number of ether oxygens (including phenoxy) is 2. The molecule has 0 heterocycles. The van der Waals surface area contributed by atoms with Crippen LogP contribution in [-0.4, -0.2) is 34.2 Å². The van der Waals surface area contributed by atoms with Crippen molar-refractivity contribution in [2.75, 3.05) is 27.4 Å². The fraction of sp³-hybridized carbons (Fsp3) is 0.700. The molecule has 0 spiro atoms. The minimum Gasteiger partial charge on any atom is -0.385 e. The number of methoxy groups -OCH3 is 2. The zero-order valence-electron chi connectivity index (χ0n) is 9.04. The van der Waals surface area contributed by atoms with Crippen LogP contribution in [0.1, 0.15) is 19.8 Å². The van der Waals surface area contributed by atoms with Gasteiger partial charge in [-0.2, -0.15) is 0 Å². The molecule has 0 rings (SSSR count). The maximum absolute atomic E-state index is 8.00. The summed E-state index contributed by atoms with van der Waals surface area (Å²) in [6.45, 7) is 8.95. The summed E-state index contributed by atoms with van der Waals surface area (Å²) in [5.41, 5.74) is 0. The van der Waals surface area contributed by atoms with Crippen molar-refractivity contribution in [1.29, 1.82) is 0 Å². The maximum atomic E-state index is 8.00. The van der Waals surface area contributed by atoms with Crippen LogP contribution in [0.3, 0.4) is 0 Å². The quantitative estimate of drug-likeness (QED) is 0.492. The fourth-order valence-corrected chi connectivity index (χ4v) is 0.493. The second kappa shape index (κ2) is 30.2. The Morgan fingerprint density at radius 1 is 1.08 bits per heavy atom. The Kier molecular flexibility index (Phi) is 42.2. The Balaban J connectivity index is -0.000000169. The van der Waals surface area contributed by atoms with Crippen molar-refractivity contribution in [3.8, 4) is 0 Å². The number of unbranched alkanes of at least 4 members (excludes halogenated alkanes) is 1. The predicted molar refractivity (Wildman–Crippen MR) is 56.0 cm³/mol. The fourth-order valence-electron chi connectivity index (χ4n) is 0.493. The molecule has 0 aliphatic heterocycles. The van der Waals surface area contributed by atoms with Crippen molar-refractivity contribution in [3.63, 3.8) is 0 Å². The number of carbonyl (C=O) groups is 1. The van der Waals surface area contributed by atoms with Gasteiger partial charge in [-0.15, -0.1) is 6.58 Å². The van der Waals surface area contributed by atoms with Crippen molar-refractivity contribution >= 4 is 6.79 Å². The van der Waals surface area contributed by atoms with E-state index in [1.807, 2.05) is 13.7 Å². The lowest BCUT2D eigenvalue weighted by Crippen LogP contribution is -1.92. The highest BCUT2D eigenvalue weighted by Gasteiger charge is 1.83. The molecule has 0 saturated carbocycles. The zero-order chi connectivity index (χ0) is 10.9. The molecule has 0 aliphatic rings. The van der Waals surface area contributed by atoms with E-state index in [2.05, 4.69) is 6.58 Å². The van der Waals surface area contributed by atoms with Gasteiger partial charge in [0.25, 0.3) is 0 Å². The molecule has 3 heteroatoms. The Labute approximate surface area is 81.7 Å². The molecular formula is C10H22O3. The van der Waals surface area contributed by atoms with Crippen molar-refractivity contribution < 1.29 is 14.3 Å². The van der Waals surface area contributed by atoms with Crippen molar-refractivity contribution in [3.05, 3.63) is 12.7 Å². The minimum atomic E-state index is 0.851. The van der Waals surface area contributed by atoms with Crippen LogP contribution in [0.5, 0.6) is 0 Å². The van der Waals surface area contributed by atoms with Gasteiger partial charge in [0.15, 0.2) is 0 Å². The molecular weight excluding hydrogens is 168 g/mol. The van der Waals surface area contributed by atoms with Crippen molar-refractivity contribution in [2.45, 2.75) is 19.8 Å². The van der Waals surface area contributed by atoms with Gasteiger partial charge in [0.1, 0.15) is 6.79 Å². The second-order valence-corrected chi connectivity index (χ2v) is 2.10. The summed E-state index contributed by atoms with van der Waals surface area (Å²) in [4.78, 5) is 8.00. The SMILES string of the molecule is C=CC.C=O.COCCCCOC. The average Bonchev–Trinajstić information content (AvgIpc) is 2.17. The Bertz CT molecular complexity index is 68.6. The highest BCUT2D eigenvalue weighted by molar-refractivity contribution is 5.10. The molecule has 13 heavy (non-hydrogen) atoms. The van der Waals surface area contributed by atoms with E-state index in [9.17, 15) is 0 Å². The van der Waals surface area contributed by atoms with E-state index >= 15 is 0 Å². The van der Waals surface area contributed by atoms with Crippen LogP contribution in [0.15, 0.2) is 12.7 Å². The normalized spacial score (nSPS) is 7.31. The lowest BCUT2D eigenvalue weighted by molar-refractivity contribution is -0.0979. The molecule has 0 bridgehead atoms. The summed E-state index contributed by atoms with van der Waals surface area (Å²) < 4.78 is 9.67. The standard InChI is InChI=1S/C6H14O2.C3H6.CH2O/c1-7-5-3-4-6-8-2;1-3-2;1-2/h3-6H2,1-2H3;3H,1H2,2H3;1H2. The second-order valence-electron chi connectivity index (χ2n) is 2.10. The summed E-state index contributed by atoms with van der Waals surface area (Å²) >= 11 is 0. The average molecular weight is 190 g/mol. The van der Waals surface area contributed by atoms with E-state index in [4.69, 9.17) is 14.3 Å². The molecule has 0 amide bonds. The van der Waals surface area contributed by atoms with Gasteiger partial charge < -0.3 is 14.3 Å². The molecule has 3 nitrogen and oxygen atoms in total. The first-order chi connectivity index (χ1) is 6.33. The highest BCUT2D eigenvalue weighted by Crippen LogP contribution is 1.87. The number of carbonyl (C=O) groups excluding carboxylic acids is 1. The monoisotopic (exact) mass is 190 g/mol. The molecule has 80 valence electrons. The Morgan fingerprint density at radius 3 is 1.46 bits per heavy atom. The van der Waals surface area contributed by atoms with Crippen molar-refractivity contribution in [2.24, 2.45) is 0 Å². The summed E-state index contributed by atoms with van der Waals surface area (Å²) in [5.74, 6) is 0. The maximum Gasteiger partial charge on any atom is 0.106 e. The smallest absolute Gasteiger partial charge is 0.106 e. The van der Waals surface area contributed by atoms with Gasteiger partial charge in [0, 0.05) is 27.4 Å². The Morgan fingerprint density at radius 2 is 1.31 bits per heavy atom. The van der Waals surface area contributed by atoms with Crippen LogP contribution >= 0.6 is 0 Å². The van der Waals surface area contributed by atoms with E-state index in [1.165, 1.54) is 0 Å². The number of allylic oxidation sites excluding steroid dienone is 1. The van der Waals surface area contributed by atoms with Gasteiger partial charge in [0.2, 0.25) is 0 Å². The largest absolute Gasteiger partial charge is 0.385 e. The van der Waals surface area contributed by atoms with Gasteiger partial charge in [-0.25, -0.2) is 0 Å². The summed E-state index contributed by atoms with van der Waals surface area (Å²) in [7, 11) is 3.43. The lowest BCUT2D eigenvalue weighted by atomic mass is 10.3.